The Labute approximate surface area is 179 Å². The van der Waals surface area contributed by atoms with Crippen LogP contribution in [0.15, 0.2) is 41.3 Å². The van der Waals surface area contributed by atoms with Crippen LogP contribution in [0.5, 0.6) is 5.75 Å². The Morgan fingerprint density at radius 1 is 1.20 bits per heavy atom. The van der Waals surface area contributed by atoms with E-state index in [2.05, 4.69) is 10.2 Å². The highest BCUT2D eigenvalue weighted by Gasteiger charge is 2.28. The number of nitrogens with one attached hydrogen (secondary N) is 1. The van der Waals surface area contributed by atoms with E-state index >= 15 is 0 Å². The Bertz CT molecular complexity index is 919. The van der Waals surface area contributed by atoms with Gasteiger partial charge < -0.3 is 15.0 Å². The number of thioether (sulfide) groups is 1. The topological polar surface area (TPSA) is 44.8 Å². The van der Waals surface area contributed by atoms with E-state index in [9.17, 15) is 13.6 Å². The minimum atomic E-state index is -0.286. The van der Waals surface area contributed by atoms with Gasteiger partial charge in [-0.05, 0) is 36.2 Å². The summed E-state index contributed by atoms with van der Waals surface area (Å²) in [6.45, 7) is 3.13. The van der Waals surface area contributed by atoms with Crippen molar-refractivity contribution >= 4 is 17.8 Å². The Kier molecular flexibility index (Phi) is 6.43. The Morgan fingerprint density at radius 3 is 2.77 bits per heavy atom. The largest absolute Gasteiger partial charge is 0.496 e. The van der Waals surface area contributed by atoms with Gasteiger partial charge in [-0.1, -0.05) is 12.1 Å². The van der Waals surface area contributed by atoms with Crippen molar-refractivity contribution in [3.8, 4) is 5.75 Å². The first-order chi connectivity index (χ1) is 14.5. The Hall–Kier alpha value is -2.32. The summed E-state index contributed by atoms with van der Waals surface area (Å²) < 4.78 is 33.0. The van der Waals surface area contributed by atoms with E-state index in [1.807, 2.05) is 6.07 Å². The predicted molar refractivity (Wildman–Crippen MR) is 113 cm³/mol. The first-order valence-electron chi connectivity index (χ1n) is 10.1. The zero-order valence-electron chi connectivity index (χ0n) is 16.9. The highest BCUT2D eigenvalue weighted by molar-refractivity contribution is 7.99. The molecule has 1 unspecified atom stereocenters. The van der Waals surface area contributed by atoms with E-state index in [0.717, 1.165) is 23.3 Å². The molecule has 0 spiro atoms. The van der Waals surface area contributed by atoms with Crippen molar-refractivity contribution in [2.24, 2.45) is 0 Å². The van der Waals surface area contributed by atoms with Crippen LogP contribution in [-0.2, 0) is 6.54 Å². The van der Waals surface area contributed by atoms with Gasteiger partial charge in [0.1, 0.15) is 17.4 Å². The number of halogens is 2. The number of urea groups is 1. The van der Waals surface area contributed by atoms with Gasteiger partial charge in [-0.2, -0.15) is 0 Å². The van der Waals surface area contributed by atoms with Crippen LogP contribution in [0.2, 0.25) is 0 Å². The van der Waals surface area contributed by atoms with Crippen molar-refractivity contribution in [1.82, 2.24) is 15.1 Å². The second-order valence-corrected chi connectivity index (χ2v) is 8.62. The number of rotatable bonds is 4. The van der Waals surface area contributed by atoms with Crippen molar-refractivity contribution < 1.29 is 18.3 Å². The predicted octanol–water partition coefficient (Wildman–Crippen LogP) is 4.04. The lowest BCUT2D eigenvalue weighted by Gasteiger charge is -2.36. The first kappa shape index (κ1) is 20.9. The third kappa shape index (κ3) is 4.54. The van der Waals surface area contributed by atoms with E-state index in [0.29, 0.717) is 43.4 Å². The molecule has 1 N–H and O–H groups in total. The van der Waals surface area contributed by atoms with Crippen LogP contribution >= 0.6 is 11.8 Å². The summed E-state index contributed by atoms with van der Waals surface area (Å²) in [5, 5.41) is 3.08. The molecular weight excluding hydrogens is 408 g/mol. The van der Waals surface area contributed by atoms with E-state index < -0.39 is 0 Å². The van der Waals surface area contributed by atoms with Gasteiger partial charge in [-0.25, -0.2) is 13.6 Å². The monoisotopic (exact) mass is 433 g/mol. The summed E-state index contributed by atoms with van der Waals surface area (Å²) in [5.41, 5.74) is 1.66. The van der Waals surface area contributed by atoms with Crippen molar-refractivity contribution in [1.29, 1.82) is 0 Å². The van der Waals surface area contributed by atoms with Crippen LogP contribution in [-0.4, -0.2) is 54.9 Å². The Balaban J connectivity index is 1.34. The minimum absolute atomic E-state index is 0.120. The molecular formula is C22H25F2N3O2S. The highest BCUT2D eigenvalue weighted by Crippen LogP contribution is 2.37. The molecule has 1 atom stereocenters. The van der Waals surface area contributed by atoms with Gasteiger partial charge >= 0.3 is 6.03 Å². The summed E-state index contributed by atoms with van der Waals surface area (Å²) in [7, 11) is 1.58. The second-order valence-electron chi connectivity index (χ2n) is 7.52. The number of piperazine rings is 1. The number of nitrogens with zero attached hydrogens (tertiary/aromatic N) is 2. The molecule has 2 aromatic carbocycles. The van der Waals surface area contributed by atoms with E-state index in [-0.39, 0.29) is 23.7 Å². The number of amides is 2. The number of hydrogen-bond donors (Lipinski definition) is 1. The zero-order chi connectivity index (χ0) is 21.1. The summed E-state index contributed by atoms with van der Waals surface area (Å²) >= 11 is 1.50. The minimum Gasteiger partial charge on any atom is -0.496 e. The molecule has 2 aliphatic rings. The average Bonchev–Trinajstić information content (AvgIpc) is 2.75. The molecule has 0 radical (unpaired) electrons. The number of ether oxygens (including phenoxy) is 1. The maximum absolute atomic E-state index is 14.1. The first-order valence-corrected chi connectivity index (χ1v) is 11.0. The van der Waals surface area contributed by atoms with E-state index in [1.54, 1.807) is 24.1 Å². The standard InChI is InChI=1S/C22H25F2N3O2S/c1-29-20-6-5-16(23)13-15(20)14-26-8-10-27(11-9-26)22(28)25-19-7-12-30-21-17(19)3-2-4-18(21)24/h2-6,13,19H,7-12,14H2,1H3,(H,25,28). The van der Waals surface area contributed by atoms with Gasteiger partial charge in [0.25, 0.3) is 0 Å². The van der Waals surface area contributed by atoms with E-state index in [1.165, 1.54) is 30.0 Å². The van der Waals surface area contributed by atoms with Crippen molar-refractivity contribution in [2.75, 3.05) is 39.0 Å². The van der Waals surface area contributed by atoms with Crippen LogP contribution < -0.4 is 10.1 Å². The van der Waals surface area contributed by atoms with Gasteiger partial charge in [0.05, 0.1) is 13.2 Å². The number of carbonyl (C=O) groups excluding carboxylic acids is 1. The second kappa shape index (κ2) is 9.22. The lowest BCUT2D eigenvalue weighted by Crippen LogP contribution is -2.52. The van der Waals surface area contributed by atoms with Crippen LogP contribution in [0.3, 0.4) is 0 Å². The molecule has 4 rings (SSSR count). The van der Waals surface area contributed by atoms with E-state index in [4.69, 9.17) is 4.74 Å². The van der Waals surface area contributed by atoms with Gasteiger partial charge in [0, 0.05) is 48.9 Å². The fraction of sp³-hybridized carbons (Fsp3) is 0.409. The molecule has 0 saturated carbocycles. The summed E-state index contributed by atoms with van der Waals surface area (Å²) in [6.07, 6.45) is 0.784. The molecule has 5 nitrogen and oxygen atoms in total. The molecule has 0 aliphatic carbocycles. The Morgan fingerprint density at radius 2 is 2.00 bits per heavy atom. The normalized spacial score (nSPS) is 19.3. The lowest BCUT2D eigenvalue weighted by molar-refractivity contribution is 0.132. The maximum atomic E-state index is 14.1. The number of methoxy groups -OCH3 is 1. The quantitative estimate of drug-likeness (QED) is 0.791. The molecule has 160 valence electrons. The molecule has 1 saturated heterocycles. The maximum Gasteiger partial charge on any atom is 0.317 e. The number of carbonyl (C=O) groups is 1. The van der Waals surface area contributed by atoms with Crippen LogP contribution in [0.25, 0.3) is 0 Å². The fourth-order valence-corrected chi connectivity index (χ4v) is 5.14. The van der Waals surface area contributed by atoms with Gasteiger partial charge in [0.15, 0.2) is 0 Å². The summed E-state index contributed by atoms with van der Waals surface area (Å²) in [4.78, 5) is 17.4. The summed E-state index contributed by atoms with van der Waals surface area (Å²) in [5.74, 6) is 0.934. The fourth-order valence-electron chi connectivity index (χ4n) is 4.00. The molecule has 1 fully saturated rings. The average molecular weight is 434 g/mol. The highest BCUT2D eigenvalue weighted by atomic mass is 32.2. The van der Waals surface area contributed by atoms with Crippen LogP contribution in [0, 0.1) is 11.6 Å². The smallest absolute Gasteiger partial charge is 0.317 e. The SMILES string of the molecule is COc1ccc(F)cc1CN1CCN(C(=O)NC2CCSc3c(F)cccc32)CC1. The number of fused-ring (bicyclic) bond motifs is 1. The molecule has 0 aromatic heterocycles. The van der Waals surface area contributed by atoms with Crippen LogP contribution in [0.4, 0.5) is 13.6 Å². The third-order valence-electron chi connectivity index (χ3n) is 5.62. The molecule has 2 aromatic rings. The molecule has 0 bridgehead atoms. The molecule has 2 aliphatic heterocycles. The summed E-state index contributed by atoms with van der Waals surface area (Å²) in [6, 6.07) is 9.27. The van der Waals surface area contributed by atoms with Crippen molar-refractivity contribution in [3.05, 3.63) is 59.2 Å². The number of benzene rings is 2. The molecule has 30 heavy (non-hydrogen) atoms. The van der Waals surface area contributed by atoms with Crippen molar-refractivity contribution in [3.63, 3.8) is 0 Å². The third-order valence-corrected chi connectivity index (χ3v) is 6.78. The lowest BCUT2D eigenvalue weighted by atomic mass is 10.0. The van der Waals surface area contributed by atoms with Crippen LogP contribution in [0.1, 0.15) is 23.6 Å². The molecule has 8 heteroatoms. The molecule has 2 amide bonds. The zero-order valence-corrected chi connectivity index (χ0v) is 17.7. The van der Waals surface area contributed by atoms with Gasteiger partial charge in [-0.15, -0.1) is 11.8 Å². The molecule has 2 heterocycles. The van der Waals surface area contributed by atoms with Gasteiger partial charge in [0.2, 0.25) is 0 Å². The van der Waals surface area contributed by atoms with Gasteiger partial charge in [-0.3, -0.25) is 4.90 Å². The number of hydrogen-bond acceptors (Lipinski definition) is 4. The van der Waals surface area contributed by atoms with Crippen molar-refractivity contribution in [2.45, 2.75) is 23.9 Å².